The maximum atomic E-state index is 3.67. The third-order valence-corrected chi connectivity index (χ3v) is 4.45. The topological polar surface area (TPSA) is 12.0 Å². The Morgan fingerprint density at radius 2 is 1.76 bits per heavy atom. The molecule has 1 unspecified atom stereocenters. The maximum Gasteiger partial charge on any atom is 0.00106 e. The molecule has 0 heterocycles. The molecule has 17 heavy (non-hydrogen) atoms. The van der Waals surface area contributed by atoms with Gasteiger partial charge in [0.25, 0.3) is 0 Å². The number of unbranched alkanes of at least 4 members (excludes halogenated alkanes) is 1. The fourth-order valence-electron chi connectivity index (χ4n) is 2.34. The molecule has 104 valence electrons. The average Bonchev–Trinajstić information content (AvgIpc) is 2.32. The normalized spacial score (nSPS) is 15.2. The number of rotatable bonds is 11. The molecule has 0 bridgehead atoms. The fourth-order valence-corrected chi connectivity index (χ4v) is 2.78. The molecule has 0 amide bonds. The first-order chi connectivity index (χ1) is 8.10. The zero-order valence-corrected chi connectivity index (χ0v) is 13.5. The van der Waals surface area contributed by atoms with Crippen LogP contribution in [0.4, 0.5) is 0 Å². The van der Waals surface area contributed by atoms with Gasteiger partial charge in [-0.15, -0.1) is 0 Å². The Morgan fingerprint density at radius 3 is 2.24 bits per heavy atom. The molecule has 0 radical (unpaired) electrons. The zero-order chi connectivity index (χ0) is 13.1. The highest BCUT2D eigenvalue weighted by molar-refractivity contribution is 7.98. The molecule has 0 rings (SSSR count). The van der Waals surface area contributed by atoms with E-state index in [0.29, 0.717) is 11.5 Å². The van der Waals surface area contributed by atoms with Crippen molar-refractivity contribution in [3.63, 3.8) is 0 Å². The molecule has 0 aromatic heterocycles. The van der Waals surface area contributed by atoms with E-state index in [4.69, 9.17) is 0 Å². The second-order valence-electron chi connectivity index (χ2n) is 5.59. The quantitative estimate of drug-likeness (QED) is 0.539. The Labute approximate surface area is 114 Å². The van der Waals surface area contributed by atoms with Crippen LogP contribution in [0.15, 0.2) is 0 Å². The van der Waals surface area contributed by atoms with Gasteiger partial charge in [0.05, 0.1) is 0 Å². The van der Waals surface area contributed by atoms with E-state index in [0.717, 1.165) is 0 Å². The van der Waals surface area contributed by atoms with E-state index in [1.54, 1.807) is 0 Å². The van der Waals surface area contributed by atoms with Gasteiger partial charge < -0.3 is 5.32 Å². The lowest BCUT2D eigenvalue weighted by molar-refractivity contribution is 0.205. The van der Waals surface area contributed by atoms with Crippen molar-refractivity contribution >= 4 is 11.8 Å². The Hall–Kier alpha value is 0.310. The maximum absolute atomic E-state index is 3.67. The Morgan fingerprint density at radius 1 is 1.12 bits per heavy atom. The lowest BCUT2D eigenvalue weighted by Gasteiger charge is -2.34. The van der Waals surface area contributed by atoms with Crippen LogP contribution < -0.4 is 5.32 Å². The molecular weight excluding hydrogens is 226 g/mol. The number of thioether (sulfide) groups is 1. The van der Waals surface area contributed by atoms with E-state index in [2.05, 4.69) is 39.3 Å². The van der Waals surface area contributed by atoms with Gasteiger partial charge in [-0.3, -0.25) is 0 Å². The van der Waals surface area contributed by atoms with Crippen LogP contribution in [-0.2, 0) is 0 Å². The minimum absolute atomic E-state index is 0.552. The summed E-state index contributed by atoms with van der Waals surface area (Å²) >= 11 is 1.98. The molecule has 2 heteroatoms. The van der Waals surface area contributed by atoms with Crippen molar-refractivity contribution in [1.29, 1.82) is 0 Å². The highest BCUT2D eigenvalue weighted by Gasteiger charge is 2.26. The number of hydrogen-bond acceptors (Lipinski definition) is 2. The summed E-state index contributed by atoms with van der Waals surface area (Å²) < 4.78 is 0. The van der Waals surface area contributed by atoms with E-state index in [-0.39, 0.29) is 0 Å². The molecule has 1 atom stereocenters. The summed E-state index contributed by atoms with van der Waals surface area (Å²) in [6.07, 6.45) is 10.4. The van der Waals surface area contributed by atoms with Crippen LogP contribution in [0.2, 0.25) is 0 Å². The van der Waals surface area contributed by atoms with Gasteiger partial charge in [0, 0.05) is 12.6 Å². The molecule has 0 aromatic carbocycles. The third kappa shape index (κ3) is 8.10. The molecule has 0 saturated heterocycles. The minimum atomic E-state index is 0.552. The van der Waals surface area contributed by atoms with Gasteiger partial charge in [-0.1, -0.05) is 40.5 Å². The monoisotopic (exact) mass is 259 g/mol. The van der Waals surface area contributed by atoms with Gasteiger partial charge in [0.15, 0.2) is 0 Å². The largest absolute Gasteiger partial charge is 0.314 e. The number of hydrogen-bond donors (Lipinski definition) is 1. The molecule has 0 aliphatic heterocycles. The Kier molecular flexibility index (Phi) is 10.4. The summed E-state index contributed by atoms with van der Waals surface area (Å²) in [6, 6.07) is 0.614. The molecule has 0 saturated carbocycles. The first-order valence-electron chi connectivity index (χ1n) is 7.32. The molecule has 0 aliphatic rings. The van der Waals surface area contributed by atoms with Gasteiger partial charge >= 0.3 is 0 Å². The number of nitrogens with one attached hydrogen (secondary N) is 1. The highest BCUT2D eigenvalue weighted by Crippen LogP contribution is 2.34. The molecule has 1 N–H and O–H groups in total. The minimum Gasteiger partial charge on any atom is -0.314 e. The average molecular weight is 260 g/mol. The van der Waals surface area contributed by atoms with Crippen LogP contribution in [-0.4, -0.2) is 24.6 Å². The lowest BCUT2D eigenvalue weighted by Crippen LogP contribution is -2.37. The van der Waals surface area contributed by atoms with Crippen LogP contribution in [0.1, 0.15) is 66.2 Å². The van der Waals surface area contributed by atoms with Gasteiger partial charge in [0.1, 0.15) is 0 Å². The Bertz CT molecular complexity index is 170. The van der Waals surface area contributed by atoms with Crippen molar-refractivity contribution in [2.75, 3.05) is 18.6 Å². The summed E-state index contributed by atoms with van der Waals surface area (Å²) in [5, 5.41) is 3.67. The summed E-state index contributed by atoms with van der Waals surface area (Å²) in [7, 11) is 0. The van der Waals surface area contributed by atoms with E-state index >= 15 is 0 Å². The summed E-state index contributed by atoms with van der Waals surface area (Å²) in [5.74, 6) is 1.32. The van der Waals surface area contributed by atoms with Crippen LogP contribution in [0, 0.1) is 5.41 Å². The van der Waals surface area contributed by atoms with Crippen LogP contribution >= 0.6 is 11.8 Å². The van der Waals surface area contributed by atoms with Gasteiger partial charge in [-0.05, 0) is 43.1 Å². The van der Waals surface area contributed by atoms with Crippen LogP contribution in [0.25, 0.3) is 0 Å². The lowest BCUT2D eigenvalue weighted by atomic mass is 9.76. The van der Waals surface area contributed by atoms with Gasteiger partial charge in [-0.25, -0.2) is 0 Å². The molecule has 0 fully saturated rings. The standard InChI is InChI=1S/C15H33NS/c1-6-8-10-15(7-2,11-9-12-17-5)13-16-14(3)4/h14,16H,6-13H2,1-5H3. The summed E-state index contributed by atoms with van der Waals surface area (Å²) in [4.78, 5) is 0. The SMILES string of the molecule is CCCCC(CC)(CCCSC)CNC(C)C. The third-order valence-electron chi connectivity index (χ3n) is 3.75. The van der Waals surface area contributed by atoms with Crippen LogP contribution in [0.3, 0.4) is 0 Å². The van der Waals surface area contributed by atoms with Crippen molar-refractivity contribution < 1.29 is 0 Å². The highest BCUT2D eigenvalue weighted by atomic mass is 32.2. The van der Waals surface area contributed by atoms with Crippen molar-refractivity contribution in [2.45, 2.75) is 72.3 Å². The summed E-state index contributed by atoms with van der Waals surface area (Å²) in [5.41, 5.74) is 0.552. The van der Waals surface area contributed by atoms with E-state index in [1.807, 2.05) is 11.8 Å². The molecule has 0 spiro atoms. The van der Waals surface area contributed by atoms with Gasteiger partial charge in [0.2, 0.25) is 0 Å². The van der Waals surface area contributed by atoms with E-state index in [9.17, 15) is 0 Å². The predicted octanol–water partition coefficient (Wildman–Crippen LogP) is 4.71. The first kappa shape index (κ1) is 17.3. The Balaban J connectivity index is 4.27. The second kappa shape index (κ2) is 10.3. The fraction of sp³-hybridized carbons (Fsp3) is 1.00. The van der Waals surface area contributed by atoms with E-state index < -0.39 is 0 Å². The van der Waals surface area contributed by atoms with Gasteiger partial charge in [-0.2, -0.15) is 11.8 Å². The van der Waals surface area contributed by atoms with Crippen LogP contribution in [0.5, 0.6) is 0 Å². The van der Waals surface area contributed by atoms with Crippen molar-refractivity contribution in [1.82, 2.24) is 5.32 Å². The van der Waals surface area contributed by atoms with Crippen molar-refractivity contribution in [3.05, 3.63) is 0 Å². The second-order valence-corrected chi connectivity index (χ2v) is 6.57. The predicted molar refractivity (Wildman–Crippen MR) is 83.0 cm³/mol. The molecule has 0 aromatic rings. The first-order valence-corrected chi connectivity index (χ1v) is 8.72. The smallest absolute Gasteiger partial charge is 0.00106 e. The van der Waals surface area contributed by atoms with Crippen molar-refractivity contribution in [2.24, 2.45) is 5.41 Å². The molecule has 1 nitrogen and oxygen atoms in total. The van der Waals surface area contributed by atoms with E-state index in [1.165, 1.54) is 50.8 Å². The van der Waals surface area contributed by atoms with Crippen molar-refractivity contribution in [3.8, 4) is 0 Å². The molecular formula is C15H33NS. The zero-order valence-electron chi connectivity index (χ0n) is 12.6. The summed E-state index contributed by atoms with van der Waals surface area (Å²) in [6.45, 7) is 10.4. The molecule has 0 aliphatic carbocycles.